The Morgan fingerprint density at radius 1 is 1.07 bits per heavy atom. The molecular formula is C20H14F3NO3. The largest absolute Gasteiger partial charge is 0.490 e. The van der Waals surface area contributed by atoms with E-state index < -0.39 is 17.7 Å². The topological polar surface area (TPSA) is 59.4 Å². The maximum absolute atomic E-state index is 12.8. The second-order valence-corrected chi connectivity index (χ2v) is 6.44. The SMILES string of the molecule is O=C(O)c1ccc2c(OC3CC3)cc(-c3ccc(C(F)(F)F)cc3)nc2c1. The molecule has 0 amide bonds. The Labute approximate surface area is 152 Å². The maximum atomic E-state index is 12.8. The number of alkyl halides is 3. The molecule has 0 aliphatic heterocycles. The lowest BCUT2D eigenvalue weighted by molar-refractivity contribution is -0.137. The van der Waals surface area contributed by atoms with E-state index in [0.29, 0.717) is 27.9 Å². The van der Waals surface area contributed by atoms with Gasteiger partial charge >= 0.3 is 12.1 Å². The van der Waals surface area contributed by atoms with E-state index >= 15 is 0 Å². The molecule has 1 aliphatic carbocycles. The molecule has 1 heterocycles. The van der Waals surface area contributed by atoms with E-state index in [9.17, 15) is 23.1 Å². The zero-order chi connectivity index (χ0) is 19.2. The van der Waals surface area contributed by atoms with Crippen LogP contribution in [0, 0.1) is 0 Å². The molecule has 138 valence electrons. The number of aromatic carboxylic acids is 1. The maximum Gasteiger partial charge on any atom is 0.416 e. The van der Waals surface area contributed by atoms with Crippen molar-refractivity contribution in [2.24, 2.45) is 0 Å². The molecule has 1 fully saturated rings. The smallest absolute Gasteiger partial charge is 0.416 e. The van der Waals surface area contributed by atoms with Crippen molar-refractivity contribution in [1.29, 1.82) is 0 Å². The highest BCUT2D eigenvalue weighted by Crippen LogP contribution is 2.36. The van der Waals surface area contributed by atoms with Crippen LogP contribution < -0.4 is 4.74 Å². The Kier molecular flexibility index (Phi) is 4.02. The minimum Gasteiger partial charge on any atom is -0.490 e. The molecule has 0 spiro atoms. The summed E-state index contributed by atoms with van der Waals surface area (Å²) in [6, 6.07) is 10.9. The molecular weight excluding hydrogens is 359 g/mol. The molecule has 0 saturated heterocycles. The fraction of sp³-hybridized carbons (Fsp3) is 0.200. The Hall–Kier alpha value is -3.09. The van der Waals surface area contributed by atoms with Gasteiger partial charge in [0.05, 0.1) is 28.4 Å². The summed E-state index contributed by atoms with van der Waals surface area (Å²) in [6.45, 7) is 0. The molecule has 3 aromatic rings. The fourth-order valence-corrected chi connectivity index (χ4v) is 2.77. The van der Waals surface area contributed by atoms with Gasteiger partial charge in [0.25, 0.3) is 0 Å². The molecule has 1 N–H and O–H groups in total. The highest BCUT2D eigenvalue weighted by molar-refractivity contribution is 5.95. The van der Waals surface area contributed by atoms with Crippen molar-refractivity contribution < 1.29 is 27.8 Å². The van der Waals surface area contributed by atoms with E-state index in [2.05, 4.69) is 4.98 Å². The first-order chi connectivity index (χ1) is 12.8. The fourth-order valence-electron chi connectivity index (χ4n) is 2.77. The quantitative estimate of drug-likeness (QED) is 0.686. The molecule has 27 heavy (non-hydrogen) atoms. The summed E-state index contributed by atoms with van der Waals surface area (Å²) in [5.41, 5.74) is 0.676. The Balaban J connectivity index is 1.82. The van der Waals surface area contributed by atoms with Crippen molar-refractivity contribution in [3.63, 3.8) is 0 Å². The van der Waals surface area contributed by atoms with Crippen LogP contribution in [-0.4, -0.2) is 22.2 Å². The van der Waals surface area contributed by atoms with E-state index in [-0.39, 0.29) is 11.7 Å². The van der Waals surface area contributed by atoms with Crippen molar-refractivity contribution in [2.75, 3.05) is 0 Å². The number of hydrogen-bond donors (Lipinski definition) is 1. The summed E-state index contributed by atoms with van der Waals surface area (Å²) in [4.78, 5) is 15.7. The number of rotatable bonds is 4. The van der Waals surface area contributed by atoms with Crippen LogP contribution in [0.25, 0.3) is 22.2 Å². The summed E-state index contributed by atoms with van der Waals surface area (Å²) in [5, 5.41) is 9.87. The zero-order valence-corrected chi connectivity index (χ0v) is 14.0. The molecule has 4 nitrogen and oxygen atoms in total. The van der Waals surface area contributed by atoms with Gasteiger partial charge < -0.3 is 9.84 Å². The monoisotopic (exact) mass is 373 g/mol. The van der Waals surface area contributed by atoms with Gasteiger partial charge in [-0.3, -0.25) is 0 Å². The van der Waals surface area contributed by atoms with Crippen molar-refractivity contribution in [3.05, 3.63) is 59.7 Å². The number of ether oxygens (including phenoxy) is 1. The summed E-state index contributed by atoms with van der Waals surface area (Å²) in [7, 11) is 0. The zero-order valence-electron chi connectivity index (χ0n) is 14.0. The van der Waals surface area contributed by atoms with Gasteiger partial charge in [-0.25, -0.2) is 9.78 Å². The molecule has 1 saturated carbocycles. The van der Waals surface area contributed by atoms with E-state index in [4.69, 9.17) is 4.74 Å². The van der Waals surface area contributed by atoms with Gasteiger partial charge in [-0.1, -0.05) is 12.1 Å². The molecule has 4 rings (SSSR count). The van der Waals surface area contributed by atoms with Crippen molar-refractivity contribution in [1.82, 2.24) is 4.98 Å². The molecule has 1 aromatic heterocycles. The Bertz CT molecular complexity index is 1030. The number of carbonyl (C=O) groups is 1. The summed E-state index contributed by atoms with van der Waals surface area (Å²) in [5.74, 6) is -0.530. The molecule has 0 radical (unpaired) electrons. The van der Waals surface area contributed by atoms with E-state index in [1.165, 1.54) is 24.3 Å². The first-order valence-electron chi connectivity index (χ1n) is 8.33. The van der Waals surface area contributed by atoms with Crippen molar-refractivity contribution >= 4 is 16.9 Å². The van der Waals surface area contributed by atoms with Crippen LogP contribution in [0.3, 0.4) is 0 Å². The van der Waals surface area contributed by atoms with Gasteiger partial charge in [-0.2, -0.15) is 13.2 Å². The Morgan fingerprint density at radius 3 is 2.37 bits per heavy atom. The summed E-state index contributed by atoms with van der Waals surface area (Å²) < 4.78 is 44.2. The first kappa shape index (κ1) is 17.3. The lowest BCUT2D eigenvalue weighted by atomic mass is 10.1. The van der Waals surface area contributed by atoms with E-state index in [0.717, 1.165) is 25.0 Å². The standard InChI is InChI=1S/C20H14F3NO3/c21-20(22,23)13-4-1-11(2-5-13)16-10-18(27-14-6-7-14)15-8-3-12(19(25)26)9-17(15)24-16/h1-5,8-10,14H,6-7H2,(H,25,26). The number of carboxylic acids is 1. The number of fused-ring (bicyclic) bond motifs is 1. The van der Waals surface area contributed by atoms with Gasteiger partial charge in [0.15, 0.2) is 0 Å². The number of carboxylic acid groups (broad SMARTS) is 1. The third kappa shape index (κ3) is 3.58. The number of aromatic nitrogens is 1. The average molecular weight is 373 g/mol. The highest BCUT2D eigenvalue weighted by atomic mass is 19.4. The lowest BCUT2D eigenvalue weighted by Gasteiger charge is -2.12. The molecule has 0 bridgehead atoms. The van der Waals surface area contributed by atoms with Gasteiger partial charge in [0.1, 0.15) is 5.75 Å². The van der Waals surface area contributed by atoms with Gasteiger partial charge in [0.2, 0.25) is 0 Å². The molecule has 0 unspecified atom stereocenters. The van der Waals surface area contributed by atoms with Crippen LogP contribution >= 0.6 is 0 Å². The van der Waals surface area contributed by atoms with Gasteiger partial charge in [-0.15, -0.1) is 0 Å². The van der Waals surface area contributed by atoms with Crippen molar-refractivity contribution in [3.8, 4) is 17.0 Å². The van der Waals surface area contributed by atoms with Gasteiger partial charge in [0, 0.05) is 17.0 Å². The minimum absolute atomic E-state index is 0.0805. The Morgan fingerprint density at radius 2 is 1.78 bits per heavy atom. The molecule has 1 aliphatic rings. The molecule has 0 atom stereocenters. The third-order valence-electron chi connectivity index (χ3n) is 4.34. The summed E-state index contributed by atoms with van der Waals surface area (Å²) >= 11 is 0. The second-order valence-electron chi connectivity index (χ2n) is 6.44. The van der Waals surface area contributed by atoms with Crippen LogP contribution in [-0.2, 0) is 6.18 Å². The van der Waals surface area contributed by atoms with Crippen molar-refractivity contribution in [2.45, 2.75) is 25.1 Å². The normalized spacial score (nSPS) is 14.3. The predicted molar refractivity (Wildman–Crippen MR) is 92.8 cm³/mol. The van der Waals surface area contributed by atoms with E-state index in [1.807, 2.05) is 0 Å². The number of hydrogen-bond acceptors (Lipinski definition) is 3. The first-order valence-corrected chi connectivity index (χ1v) is 8.33. The third-order valence-corrected chi connectivity index (χ3v) is 4.34. The highest BCUT2D eigenvalue weighted by Gasteiger charge is 2.30. The molecule has 7 heteroatoms. The molecule has 2 aromatic carbocycles. The van der Waals surface area contributed by atoms with Crippen LogP contribution in [0.15, 0.2) is 48.5 Å². The van der Waals surface area contributed by atoms with Crippen LogP contribution in [0.2, 0.25) is 0 Å². The van der Waals surface area contributed by atoms with Crippen LogP contribution in [0.5, 0.6) is 5.75 Å². The average Bonchev–Trinajstić information content (AvgIpc) is 3.44. The number of benzene rings is 2. The predicted octanol–water partition coefficient (Wildman–Crippen LogP) is 5.16. The van der Waals surface area contributed by atoms with Crippen LogP contribution in [0.4, 0.5) is 13.2 Å². The van der Waals surface area contributed by atoms with E-state index in [1.54, 1.807) is 12.1 Å². The number of nitrogens with zero attached hydrogens (tertiary/aromatic N) is 1. The minimum atomic E-state index is -4.41. The number of pyridine rings is 1. The van der Waals surface area contributed by atoms with Crippen LogP contribution in [0.1, 0.15) is 28.8 Å². The summed E-state index contributed by atoms with van der Waals surface area (Å²) in [6.07, 6.45) is -2.43. The second kappa shape index (κ2) is 6.26. The lowest BCUT2D eigenvalue weighted by Crippen LogP contribution is -2.04. The number of halogens is 3. The van der Waals surface area contributed by atoms with Gasteiger partial charge in [-0.05, 0) is 43.2 Å².